The number of aromatic nitrogens is 2. The first kappa shape index (κ1) is 18.5. The summed E-state index contributed by atoms with van der Waals surface area (Å²) < 4.78 is 20.7. The number of rotatable bonds is 5. The van der Waals surface area contributed by atoms with Crippen LogP contribution in [0.5, 0.6) is 5.75 Å². The Morgan fingerprint density at radius 3 is 2.61 bits per heavy atom. The summed E-state index contributed by atoms with van der Waals surface area (Å²) in [7, 11) is 0. The summed E-state index contributed by atoms with van der Waals surface area (Å²) >= 11 is 0. The molecule has 2 heterocycles. The van der Waals surface area contributed by atoms with Crippen LogP contribution in [0.15, 0.2) is 48.5 Å². The maximum atomic E-state index is 12.9. The first-order chi connectivity index (χ1) is 13.6. The Labute approximate surface area is 163 Å². The first-order valence-corrected chi connectivity index (χ1v) is 9.68. The average molecular weight is 381 g/mol. The normalized spacial score (nSPS) is 15.1. The fourth-order valence-electron chi connectivity index (χ4n) is 3.82. The molecule has 0 bridgehead atoms. The van der Waals surface area contributed by atoms with Crippen molar-refractivity contribution in [2.24, 2.45) is 5.92 Å². The zero-order valence-corrected chi connectivity index (χ0v) is 16.0. The monoisotopic (exact) mass is 381 g/mol. The number of likely N-dealkylation sites (tertiary alicyclic amines) is 1. The Morgan fingerprint density at radius 1 is 1.14 bits per heavy atom. The minimum absolute atomic E-state index is 0.0123. The van der Waals surface area contributed by atoms with Crippen molar-refractivity contribution in [3.05, 3.63) is 60.2 Å². The third kappa shape index (κ3) is 4.01. The molecule has 6 heteroatoms. The molecule has 0 N–H and O–H groups in total. The van der Waals surface area contributed by atoms with Gasteiger partial charge >= 0.3 is 0 Å². The molecule has 2 aromatic carbocycles. The van der Waals surface area contributed by atoms with E-state index in [1.54, 1.807) is 0 Å². The highest BCUT2D eigenvalue weighted by atomic mass is 19.1. The van der Waals surface area contributed by atoms with E-state index in [9.17, 15) is 9.18 Å². The van der Waals surface area contributed by atoms with Gasteiger partial charge in [0.25, 0.3) is 5.91 Å². The van der Waals surface area contributed by atoms with Crippen LogP contribution < -0.4 is 4.74 Å². The van der Waals surface area contributed by atoms with Gasteiger partial charge in [-0.25, -0.2) is 9.37 Å². The highest BCUT2D eigenvalue weighted by molar-refractivity contribution is 5.78. The van der Waals surface area contributed by atoms with Crippen LogP contribution in [-0.2, 0) is 11.3 Å². The largest absolute Gasteiger partial charge is 0.484 e. The molecule has 1 amide bonds. The molecule has 1 aromatic heterocycles. The van der Waals surface area contributed by atoms with Crippen LogP contribution >= 0.6 is 0 Å². The van der Waals surface area contributed by atoms with Crippen molar-refractivity contribution in [2.45, 2.75) is 26.3 Å². The van der Waals surface area contributed by atoms with Crippen LogP contribution in [0.1, 0.15) is 18.7 Å². The Hall–Kier alpha value is -2.89. The Kier molecular flexibility index (Phi) is 5.28. The Balaban J connectivity index is 1.30. The molecule has 5 nitrogen and oxygen atoms in total. The van der Waals surface area contributed by atoms with Gasteiger partial charge in [-0.15, -0.1) is 0 Å². The van der Waals surface area contributed by atoms with E-state index >= 15 is 0 Å². The van der Waals surface area contributed by atoms with E-state index in [2.05, 4.69) is 15.6 Å². The minimum Gasteiger partial charge on any atom is -0.484 e. The number of imidazole rings is 1. The molecule has 0 atom stereocenters. The number of nitrogens with zero attached hydrogens (tertiary/aromatic N) is 3. The zero-order valence-electron chi connectivity index (χ0n) is 16.0. The molecule has 146 valence electrons. The minimum atomic E-state index is -0.318. The molecule has 0 radical (unpaired) electrons. The summed E-state index contributed by atoms with van der Waals surface area (Å²) in [6.45, 7) is 4.44. The number of hydrogen-bond donors (Lipinski definition) is 0. The van der Waals surface area contributed by atoms with Crippen molar-refractivity contribution in [1.82, 2.24) is 14.5 Å². The van der Waals surface area contributed by atoms with Crippen LogP contribution in [0.4, 0.5) is 4.39 Å². The number of carbonyl (C=O) groups excluding carboxylic acids is 1. The molecule has 1 aliphatic heterocycles. The predicted molar refractivity (Wildman–Crippen MR) is 106 cm³/mol. The average Bonchev–Trinajstić information content (AvgIpc) is 3.03. The SMILES string of the molecule is Cc1nc2ccccc2n1CC1CCN(C(=O)COc2ccc(F)cc2)CC1. The number of piperidine rings is 1. The Bertz CT molecular complexity index is 960. The van der Waals surface area contributed by atoms with Crippen molar-refractivity contribution >= 4 is 16.9 Å². The summed E-state index contributed by atoms with van der Waals surface area (Å²) in [5, 5.41) is 0. The third-order valence-electron chi connectivity index (χ3n) is 5.43. The second-order valence-corrected chi connectivity index (χ2v) is 7.33. The number of benzene rings is 2. The molecule has 0 unspecified atom stereocenters. The number of amides is 1. The topological polar surface area (TPSA) is 47.4 Å². The number of hydrogen-bond acceptors (Lipinski definition) is 3. The first-order valence-electron chi connectivity index (χ1n) is 9.68. The van der Waals surface area contributed by atoms with E-state index in [4.69, 9.17) is 4.74 Å². The van der Waals surface area contributed by atoms with Gasteiger partial charge in [0, 0.05) is 19.6 Å². The lowest BCUT2D eigenvalue weighted by molar-refractivity contribution is -0.134. The van der Waals surface area contributed by atoms with E-state index in [-0.39, 0.29) is 18.3 Å². The van der Waals surface area contributed by atoms with Gasteiger partial charge in [-0.2, -0.15) is 0 Å². The number of aryl methyl sites for hydroxylation is 1. The number of halogens is 1. The molecular weight excluding hydrogens is 357 g/mol. The number of ether oxygens (including phenoxy) is 1. The smallest absolute Gasteiger partial charge is 0.260 e. The van der Waals surface area contributed by atoms with E-state index in [1.807, 2.05) is 30.0 Å². The summed E-state index contributed by atoms with van der Waals surface area (Å²) in [5.41, 5.74) is 2.21. The van der Waals surface area contributed by atoms with Gasteiger partial charge in [0.1, 0.15) is 17.4 Å². The third-order valence-corrected chi connectivity index (χ3v) is 5.43. The van der Waals surface area contributed by atoms with Gasteiger partial charge in [-0.05, 0) is 62.1 Å². The van der Waals surface area contributed by atoms with Gasteiger partial charge in [0.15, 0.2) is 6.61 Å². The highest BCUT2D eigenvalue weighted by Gasteiger charge is 2.24. The fourth-order valence-corrected chi connectivity index (χ4v) is 3.82. The zero-order chi connectivity index (χ0) is 19.5. The molecular formula is C22H24FN3O2. The second-order valence-electron chi connectivity index (χ2n) is 7.33. The van der Waals surface area contributed by atoms with Crippen molar-refractivity contribution in [2.75, 3.05) is 19.7 Å². The van der Waals surface area contributed by atoms with Crippen molar-refractivity contribution in [3.8, 4) is 5.75 Å². The molecule has 1 saturated heterocycles. The van der Waals surface area contributed by atoms with Gasteiger partial charge in [-0.3, -0.25) is 4.79 Å². The van der Waals surface area contributed by atoms with Crippen molar-refractivity contribution < 1.29 is 13.9 Å². The Morgan fingerprint density at radius 2 is 1.86 bits per heavy atom. The van der Waals surface area contributed by atoms with Gasteiger partial charge < -0.3 is 14.2 Å². The van der Waals surface area contributed by atoms with E-state index in [0.717, 1.165) is 43.8 Å². The maximum Gasteiger partial charge on any atom is 0.260 e. The predicted octanol–water partition coefficient (Wildman–Crippen LogP) is 3.80. The maximum absolute atomic E-state index is 12.9. The van der Waals surface area contributed by atoms with Crippen molar-refractivity contribution in [3.63, 3.8) is 0 Å². The summed E-state index contributed by atoms with van der Waals surface area (Å²) in [4.78, 5) is 18.9. The molecule has 0 spiro atoms. The molecule has 0 saturated carbocycles. The van der Waals surface area contributed by atoms with Crippen LogP contribution in [0.2, 0.25) is 0 Å². The number of para-hydroxylation sites is 2. The summed E-state index contributed by atoms with van der Waals surface area (Å²) in [6, 6.07) is 13.9. The van der Waals surface area contributed by atoms with E-state index in [1.165, 1.54) is 29.8 Å². The lowest BCUT2D eigenvalue weighted by Gasteiger charge is -2.32. The summed E-state index contributed by atoms with van der Waals surface area (Å²) in [6.07, 6.45) is 1.93. The van der Waals surface area contributed by atoms with Gasteiger partial charge in [0.05, 0.1) is 11.0 Å². The molecule has 0 aliphatic carbocycles. The van der Waals surface area contributed by atoms with Crippen LogP contribution in [0, 0.1) is 18.7 Å². The second kappa shape index (κ2) is 8.00. The van der Waals surface area contributed by atoms with Crippen molar-refractivity contribution in [1.29, 1.82) is 0 Å². The lowest BCUT2D eigenvalue weighted by Crippen LogP contribution is -2.41. The number of fused-ring (bicyclic) bond motifs is 1. The van der Waals surface area contributed by atoms with Gasteiger partial charge in [0.2, 0.25) is 0 Å². The summed E-state index contributed by atoms with van der Waals surface area (Å²) in [5.74, 6) is 1.73. The standard InChI is InChI=1S/C22H24FN3O2/c1-16-24-20-4-2-3-5-21(20)26(16)14-17-10-12-25(13-11-17)22(27)15-28-19-8-6-18(23)7-9-19/h2-9,17H,10-15H2,1H3. The fraction of sp³-hybridized carbons (Fsp3) is 0.364. The molecule has 28 heavy (non-hydrogen) atoms. The molecule has 4 rings (SSSR count). The number of carbonyl (C=O) groups is 1. The quantitative estimate of drug-likeness (QED) is 0.675. The lowest BCUT2D eigenvalue weighted by atomic mass is 9.96. The highest BCUT2D eigenvalue weighted by Crippen LogP contribution is 2.23. The molecule has 1 fully saturated rings. The molecule has 3 aromatic rings. The van der Waals surface area contributed by atoms with Gasteiger partial charge in [-0.1, -0.05) is 12.1 Å². The van der Waals surface area contributed by atoms with Crippen LogP contribution in [-0.4, -0.2) is 40.1 Å². The van der Waals surface area contributed by atoms with Crippen LogP contribution in [0.25, 0.3) is 11.0 Å². The van der Waals surface area contributed by atoms with Crippen LogP contribution in [0.3, 0.4) is 0 Å². The van der Waals surface area contributed by atoms with E-state index < -0.39 is 0 Å². The molecule has 1 aliphatic rings. The van der Waals surface area contributed by atoms with E-state index in [0.29, 0.717) is 11.7 Å².